The van der Waals surface area contributed by atoms with Gasteiger partial charge in [0.2, 0.25) is 0 Å². The molecule has 0 aliphatic rings. The van der Waals surface area contributed by atoms with Gasteiger partial charge in [-0.05, 0) is 0 Å². The first-order valence-electron chi connectivity index (χ1n) is 4.56. The van der Waals surface area contributed by atoms with Crippen molar-refractivity contribution in [2.24, 2.45) is 0 Å². The van der Waals surface area contributed by atoms with E-state index >= 15 is 0 Å². The molecule has 8 heteroatoms. The highest BCUT2D eigenvalue weighted by atomic mass is 32.1. The average Bonchev–Trinajstić information content (AvgIpc) is 2.25. The first-order valence-corrected chi connectivity index (χ1v) is 5.38. The van der Waals surface area contributed by atoms with E-state index in [0.29, 0.717) is 0 Å². The molecule has 0 amide bonds. The van der Waals surface area contributed by atoms with Crippen LogP contribution in [0, 0.1) is 0 Å². The van der Waals surface area contributed by atoms with Gasteiger partial charge < -0.3 is 55.3 Å². The van der Waals surface area contributed by atoms with Crippen molar-refractivity contribution in [2.45, 2.75) is 24.4 Å². The summed E-state index contributed by atoms with van der Waals surface area (Å²) < 4.78 is 0.114. The van der Waals surface area contributed by atoms with Crippen LogP contribution in [0.2, 0.25) is 0 Å². The first-order chi connectivity index (χ1) is 7.31. The zero-order chi connectivity index (χ0) is 12.9. The van der Waals surface area contributed by atoms with Crippen molar-refractivity contribution in [2.75, 3.05) is 20.2 Å². The second kappa shape index (κ2) is 7.28. The Morgan fingerprint density at radius 2 is 1.62 bits per heavy atom. The predicted octanol–water partition coefficient (Wildman–Crippen LogP) is -2.81. The van der Waals surface area contributed by atoms with Gasteiger partial charge in [-0.1, -0.05) is 4.32 Å². The molecule has 4 atom stereocenters. The molecule has 0 spiro atoms. The summed E-state index contributed by atoms with van der Waals surface area (Å²) in [4.78, 5) is 1.34. The van der Waals surface area contributed by atoms with Crippen molar-refractivity contribution in [3.8, 4) is 0 Å². The lowest BCUT2D eigenvalue weighted by atomic mass is 10.0. The largest absolute Gasteiger partial charge is 0.411 e. The van der Waals surface area contributed by atoms with E-state index in [1.165, 1.54) is 11.9 Å². The number of hydrogen-bond acceptors (Lipinski definition) is 7. The fraction of sp³-hybridized carbons (Fsp3) is 0.875. The second-order valence-corrected chi connectivity index (χ2v) is 4.48. The van der Waals surface area contributed by atoms with Crippen LogP contribution in [-0.2, 0) is 12.6 Å². The van der Waals surface area contributed by atoms with Crippen LogP contribution in [0.25, 0.3) is 0 Å². The van der Waals surface area contributed by atoms with Gasteiger partial charge in [-0.3, -0.25) is 0 Å². The molecule has 0 saturated heterocycles. The Balaban J connectivity index is 4.27. The summed E-state index contributed by atoms with van der Waals surface area (Å²) in [5.41, 5.74) is 0. The summed E-state index contributed by atoms with van der Waals surface area (Å²) in [6.45, 7) is -0.779. The van der Waals surface area contributed by atoms with Gasteiger partial charge >= 0.3 is 0 Å². The van der Waals surface area contributed by atoms with Crippen LogP contribution in [0.15, 0.2) is 0 Å². The molecule has 0 aliphatic carbocycles. The van der Waals surface area contributed by atoms with Crippen molar-refractivity contribution in [1.29, 1.82) is 0 Å². The van der Waals surface area contributed by atoms with E-state index in [1.807, 2.05) is 0 Å². The van der Waals surface area contributed by atoms with Crippen molar-refractivity contribution in [3.63, 3.8) is 0 Å². The van der Waals surface area contributed by atoms with E-state index in [9.17, 15) is 15.3 Å². The van der Waals surface area contributed by atoms with E-state index in [2.05, 4.69) is 24.8 Å². The van der Waals surface area contributed by atoms with Crippen LogP contribution in [-0.4, -0.2) is 79.4 Å². The van der Waals surface area contributed by atoms with Crippen LogP contribution in [0.3, 0.4) is 0 Å². The molecular formula is C8H16NO5S2-. The maximum atomic E-state index is 9.50. The van der Waals surface area contributed by atoms with Gasteiger partial charge in [0.15, 0.2) is 0 Å². The lowest BCUT2D eigenvalue weighted by Crippen LogP contribution is -2.49. The quantitative estimate of drug-likeness (QED) is 0.260. The molecule has 0 heterocycles. The minimum atomic E-state index is -1.63. The van der Waals surface area contributed by atoms with Crippen LogP contribution in [0.5, 0.6) is 0 Å². The average molecular weight is 270 g/mol. The Bertz CT molecular complexity index is 230. The summed E-state index contributed by atoms with van der Waals surface area (Å²) in [5, 5.41) is 45.9. The summed E-state index contributed by atoms with van der Waals surface area (Å²) in [5.74, 6) is 0. The topological polar surface area (TPSA) is 104 Å². The molecule has 0 radical (unpaired) electrons. The monoisotopic (exact) mass is 270 g/mol. The molecular weight excluding hydrogens is 254 g/mol. The molecule has 16 heavy (non-hydrogen) atoms. The second-order valence-electron chi connectivity index (χ2n) is 3.44. The van der Waals surface area contributed by atoms with Gasteiger partial charge in [0.25, 0.3) is 0 Å². The number of nitrogens with zero attached hydrogens (tertiary/aromatic N) is 1. The predicted molar refractivity (Wildman–Crippen MR) is 63.7 cm³/mol. The highest BCUT2D eigenvalue weighted by molar-refractivity contribution is 8.00. The smallest absolute Gasteiger partial charge is 0.111 e. The van der Waals surface area contributed by atoms with Gasteiger partial charge in [0.1, 0.15) is 18.3 Å². The lowest BCUT2D eigenvalue weighted by Gasteiger charge is -2.31. The molecule has 0 saturated carbocycles. The molecule has 0 unspecified atom stereocenters. The molecule has 0 aliphatic heterocycles. The fourth-order valence-corrected chi connectivity index (χ4v) is 1.18. The number of likely N-dealkylation sites (N-methyl/N-ethyl adjacent to an activating group) is 1. The van der Waals surface area contributed by atoms with Crippen molar-refractivity contribution >= 4 is 29.2 Å². The normalized spacial score (nSPS) is 18.6. The molecule has 0 fully saturated rings. The molecule has 96 valence electrons. The van der Waals surface area contributed by atoms with E-state index in [-0.39, 0.29) is 10.9 Å². The minimum Gasteiger partial charge on any atom is -0.411 e. The molecule has 0 rings (SSSR count). The Hall–Kier alpha value is -0.0900. The maximum absolute atomic E-state index is 9.50. The van der Waals surface area contributed by atoms with E-state index < -0.39 is 31.0 Å². The highest BCUT2D eigenvalue weighted by Gasteiger charge is 2.30. The molecule has 0 aromatic rings. The summed E-state index contributed by atoms with van der Waals surface area (Å²) in [6.07, 6.45) is -6.06. The van der Waals surface area contributed by atoms with Gasteiger partial charge in [0.05, 0.1) is 12.7 Å². The van der Waals surface area contributed by atoms with Gasteiger partial charge in [-0.2, -0.15) is 0 Å². The van der Waals surface area contributed by atoms with E-state index in [1.54, 1.807) is 0 Å². The fourth-order valence-electron chi connectivity index (χ4n) is 1.03. The summed E-state index contributed by atoms with van der Waals surface area (Å²) in [6, 6.07) is 0. The zero-order valence-corrected chi connectivity index (χ0v) is 10.4. The van der Waals surface area contributed by atoms with Gasteiger partial charge in [-0.25, -0.2) is 0 Å². The van der Waals surface area contributed by atoms with E-state index in [4.69, 9.17) is 10.2 Å². The van der Waals surface area contributed by atoms with Crippen LogP contribution < -0.4 is 0 Å². The van der Waals surface area contributed by atoms with Gasteiger partial charge in [0, 0.05) is 13.6 Å². The summed E-state index contributed by atoms with van der Waals surface area (Å²) >= 11 is 9.32. The molecule has 5 N–H and O–H groups in total. The van der Waals surface area contributed by atoms with Crippen LogP contribution >= 0.6 is 12.2 Å². The number of thiocarbonyl (C=S) groups is 1. The third kappa shape index (κ3) is 4.83. The van der Waals surface area contributed by atoms with Gasteiger partial charge in [-0.15, -0.1) is 0 Å². The molecule has 6 nitrogen and oxygen atoms in total. The third-order valence-electron chi connectivity index (χ3n) is 2.10. The highest BCUT2D eigenvalue weighted by Crippen LogP contribution is 2.06. The molecule has 0 aromatic carbocycles. The Morgan fingerprint density at radius 3 is 2.00 bits per heavy atom. The summed E-state index contributed by atoms with van der Waals surface area (Å²) in [7, 11) is 1.53. The maximum Gasteiger partial charge on any atom is 0.111 e. The van der Waals surface area contributed by atoms with Crippen molar-refractivity contribution in [1.82, 2.24) is 4.90 Å². The number of rotatable bonds is 6. The molecule has 0 bridgehead atoms. The molecule has 0 aromatic heterocycles. The third-order valence-corrected chi connectivity index (χ3v) is 2.72. The lowest BCUT2D eigenvalue weighted by molar-refractivity contribution is -0.116. The first kappa shape index (κ1) is 15.9. The standard InChI is InChI=1S/C8H17NO5S2/c1-9(8(15)16)2-4(11)6(13)7(14)5(12)3-10/h4-7,10-14H,2-3H2,1H3,(H,15,16)/p-1/t4-,5-,6+,7-/m1/s1. The van der Waals surface area contributed by atoms with Crippen LogP contribution in [0.1, 0.15) is 0 Å². The number of aliphatic hydroxyl groups is 5. The Kier molecular flexibility index (Phi) is 7.24. The van der Waals surface area contributed by atoms with E-state index in [0.717, 1.165) is 0 Å². The van der Waals surface area contributed by atoms with Crippen LogP contribution in [0.4, 0.5) is 0 Å². The zero-order valence-electron chi connectivity index (χ0n) is 8.72. The van der Waals surface area contributed by atoms with Crippen molar-refractivity contribution < 1.29 is 25.5 Å². The number of aliphatic hydroxyl groups excluding tert-OH is 5. The Labute approximate surface area is 105 Å². The number of hydrogen-bond donors (Lipinski definition) is 5. The van der Waals surface area contributed by atoms with Crippen molar-refractivity contribution in [3.05, 3.63) is 0 Å². The minimum absolute atomic E-state index is 0.0707. The Morgan fingerprint density at radius 1 is 1.19 bits per heavy atom. The SMILES string of the molecule is CN(C[C@@H](O)[C@H](O)[C@H](O)[C@H](O)CO)C(=S)[S-].